The zero-order chi connectivity index (χ0) is 20.4. The van der Waals surface area contributed by atoms with Crippen molar-refractivity contribution in [3.63, 3.8) is 0 Å². The molecule has 0 spiro atoms. The number of azo groups is 1. The Morgan fingerprint density at radius 1 is 0.966 bits per heavy atom. The van der Waals surface area contributed by atoms with Gasteiger partial charge in [-0.25, -0.2) is 13.4 Å². The molecule has 7 nitrogen and oxygen atoms in total. The molecular formula is C20H17N5O2S2. The molecule has 0 atom stereocenters. The number of benzene rings is 3. The number of nitrogens with zero attached hydrogens (tertiary/aromatic N) is 3. The fraction of sp³-hybridized carbons (Fsp3) is 0.0500. The number of hydrogen-bond donors (Lipinski definition) is 2. The Morgan fingerprint density at radius 2 is 1.69 bits per heavy atom. The normalized spacial score (nSPS) is 11.9. The maximum absolute atomic E-state index is 12.5. The van der Waals surface area contributed by atoms with Crippen molar-refractivity contribution < 1.29 is 8.42 Å². The summed E-state index contributed by atoms with van der Waals surface area (Å²) in [7, 11) is -3.76. The average molecular weight is 424 g/mol. The minimum Gasteiger partial charge on any atom is -0.399 e. The number of nitrogens with one attached hydrogen (secondary N) is 1. The molecule has 4 rings (SSSR count). The Balaban J connectivity index is 1.59. The molecule has 3 N–H and O–H groups in total. The maximum Gasteiger partial charge on any atom is 0.263 e. The van der Waals surface area contributed by atoms with Crippen molar-refractivity contribution >= 4 is 53.6 Å². The number of sulfonamides is 1. The predicted molar refractivity (Wildman–Crippen MR) is 117 cm³/mol. The first-order valence-electron chi connectivity index (χ1n) is 8.68. The molecular weight excluding hydrogens is 406 g/mol. The van der Waals surface area contributed by atoms with Gasteiger partial charge in [-0.05, 0) is 42.6 Å². The van der Waals surface area contributed by atoms with E-state index in [-0.39, 0.29) is 10.0 Å². The van der Waals surface area contributed by atoms with Crippen LogP contribution in [0.3, 0.4) is 0 Å². The topological polar surface area (TPSA) is 110 Å². The van der Waals surface area contributed by atoms with E-state index in [4.69, 9.17) is 5.73 Å². The van der Waals surface area contributed by atoms with Gasteiger partial charge in [0.25, 0.3) is 10.0 Å². The van der Waals surface area contributed by atoms with Gasteiger partial charge >= 0.3 is 0 Å². The second-order valence-electron chi connectivity index (χ2n) is 6.28. The SMILES string of the molecule is Cc1nc(NS(=O)(=O)c2ccc(N)cc2)sc1N=Nc1cccc2ccccc12. The standard InChI is InChI=1S/C20H17N5O2S2/c1-13-19(24-23-18-8-4-6-14-5-2-3-7-17(14)18)28-20(22-13)25-29(26,27)16-11-9-15(21)10-12-16/h2-12H,21H2,1H3,(H,22,25). The van der Waals surface area contributed by atoms with Crippen molar-refractivity contribution in [2.24, 2.45) is 10.2 Å². The Kier molecular flexibility index (Phi) is 4.99. The highest BCUT2D eigenvalue weighted by Gasteiger charge is 2.17. The molecule has 0 radical (unpaired) electrons. The van der Waals surface area contributed by atoms with Crippen LogP contribution in [0.4, 0.5) is 21.5 Å². The number of nitrogen functional groups attached to an aromatic ring is 1. The number of aryl methyl sites for hydroxylation is 1. The second kappa shape index (κ2) is 7.61. The van der Waals surface area contributed by atoms with Gasteiger partial charge in [0.15, 0.2) is 10.1 Å². The minimum absolute atomic E-state index is 0.110. The third-order valence-corrected chi connectivity index (χ3v) is 6.64. The van der Waals surface area contributed by atoms with Crippen LogP contribution in [0, 0.1) is 6.92 Å². The zero-order valence-electron chi connectivity index (χ0n) is 15.4. The van der Waals surface area contributed by atoms with Gasteiger partial charge in [-0.1, -0.05) is 47.7 Å². The number of nitrogens with two attached hydrogens (primary N) is 1. The predicted octanol–water partition coefficient (Wildman–Crippen LogP) is 5.40. The molecule has 0 bridgehead atoms. The lowest BCUT2D eigenvalue weighted by atomic mass is 10.1. The van der Waals surface area contributed by atoms with E-state index in [0.29, 0.717) is 16.4 Å². The number of rotatable bonds is 5. The first-order valence-corrected chi connectivity index (χ1v) is 11.0. The summed E-state index contributed by atoms with van der Waals surface area (Å²) in [5.41, 5.74) is 7.43. The molecule has 146 valence electrons. The van der Waals surface area contributed by atoms with Gasteiger partial charge in [-0.15, -0.1) is 10.2 Å². The molecule has 0 aliphatic rings. The summed E-state index contributed by atoms with van der Waals surface area (Å²) in [4.78, 5) is 4.37. The van der Waals surface area contributed by atoms with Crippen LogP contribution in [0.5, 0.6) is 0 Å². The molecule has 0 aliphatic heterocycles. The van der Waals surface area contributed by atoms with Gasteiger partial charge in [0.05, 0.1) is 16.3 Å². The maximum atomic E-state index is 12.5. The summed E-state index contributed by atoms with van der Waals surface area (Å²) >= 11 is 1.12. The zero-order valence-corrected chi connectivity index (χ0v) is 17.0. The first-order chi connectivity index (χ1) is 13.9. The molecule has 1 heterocycles. The summed E-state index contributed by atoms with van der Waals surface area (Å²) < 4.78 is 27.5. The van der Waals surface area contributed by atoms with Crippen molar-refractivity contribution in [1.29, 1.82) is 0 Å². The molecule has 0 fully saturated rings. The molecule has 0 saturated heterocycles. The summed E-state index contributed by atoms with van der Waals surface area (Å²) in [5.74, 6) is 0. The fourth-order valence-corrected chi connectivity index (χ4v) is 4.76. The molecule has 4 aromatic rings. The molecule has 0 unspecified atom stereocenters. The van der Waals surface area contributed by atoms with Crippen LogP contribution in [-0.2, 0) is 10.0 Å². The van der Waals surface area contributed by atoms with Crippen LogP contribution in [0.15, 0.2) is 81.9 Å². The van der Waals surface area contributed by atoms with Gasteiger partial charge in [0.1, 0.15) is 0 Å². The molecule has 9 heteroatoms. The number of fused-ring (bicyclic) bond motifs is 1. The van der Waals surface area contributed by atoms with Crippen molar-refractivity contribution in [3.05, 3.63) is 72.4 Å². The lowest BCUT2D eigenvalue weighted by molar-refractivity contribution is 0.601. The second-order valence-corrected chi connectivity index (χ2v) is 8.94. The van der Waals surface area contributed by atoms with E-state index in [1.54, 1.807) is 6.92 Å². The third kappa shape index (κ3) is 4.10. The molecule has 0 amide bonds. The number of thiazole rings is 1. The molecule has 3 aromatic carbocycles. The van der Waals surface area contributed by atoms with Crippen molar-refractivity contribution in [1.82, 2.24) is 4.98 Å². The van der Waals surface area contributed by atoms with Crippen molar-refractivity contribution in [3.8, 4) is 0 Å². The van der Waals surface area contributed by atoms with Crippen LogP contribution in [0.25, 0.3) is 10.8 Å². The average Bonchev–Trinajstić information content (AvgIpc) is 3.05. The van der Waals surface area contributed by atoms with Gasteiger partial charge in [0, 0.05) is 11.1 Å². The van der Waals surface area contributed by atoms with E-state index >= 15 is 0 Å². The van der Waals surface area contributed by atoms with E-state index in [1.165, 1.54) is 24.3 Å². The number of aromatic nitrogens is 1. The first kappa shape index (κ1) is 19.0. The van der Waals surface area contributed by atoms with E-state index in [0.717, 1.165) is 27.8 Å². The molecule has 29 heavy (non-hydrogen) atoms. The highest BCUT2D eigenvalue weighted by Crippen LogP contribution is 2.34. The van der Waals surface area contributed by atoms with Crippen LogP contribution in [0.2, 0.25) is 0 Å². The van der Waals surface area contributed by atoms with Gasteiger partial charge < -0.3 is 5.73 Å². The van der Waals surface area contributed by atoms with E-state index in [2.05, 4.69) is 19.9 Å². The van der Waals surface area contributed by atoms with Crippen LogP contribution in [0.1, 0.15) is 5.69 Å². The van der Waals surface area contributed by atoms with Gasteiger partial charge in [-0.3, -0.25) is 4.72 Å². The lowest BCUT2D eigenvalue weighted by Gasteiger charge is -2.04. The molecule has 0 saturated carbocycles. The van der Waals surface area contributed by atoms with E-state index < -0.39 is 10.0 Å². The van der Waals surface area contributed by atoms with Crippen LogP contribution < -0.4 is 10.5 Å². The number of hydrogen-bond acceptors (Lipinski definition) is 7. The minimum atomic E-state index is -3.76. The van der Waals surface area contributed by atoms with E-state index in [9.17, 15) is 8.42 Å². The quantitative estimate of drug-likeness (QED) is 0.330. The van der Waals surface area contributed by atoms with Crippen LogP contribution >= 0.6 is 11.3 Å². The highest BCUT2D eigenvalue weighted by molar-refractivity contribution is 7.93. The molecule has 0 aliphatic carbocycles. The van der Waals surface area contributed by atoms with Crippen molar-refractivity contribution in [2.75, 3.05) is 10.5 Å². The smallest absolute Gasteiger partial charge is 0.263 e. The molecule has 1 aromatic heterocycles. The van der Waals surface area contributed by atoms with Gasteiger partial charge in [-0.2, -0.15) is 0 Å². The Bertz CT molecular complexity index is 1310. The van der Waals surface area contributed by atoms with Gasteiger partial charge in [0.2, 0.25) is 0 Å². The van der Waals surface area contributed by atoms with Crippen molar-refractivity contribution in [2.45, 2.75) is 11.8 Å². The Labute approximate surface area is 172 Å². The fourth-order valence-electron chi connectivity index (χ4n) is 2.74. The Hall–Kier alpha value is -3.30. The number of anilines is 2. The monoisotopic (exact) mass is 423 g/mol. The van der Waals surface area contributed by atoms with E-state index in [1.807, 2.05) is 42.5 Å². The summed E-state index contributed by atoms with van der Waals surface area (Å²) in [6.45, 7) is 1.76. The third-order valence-electron chi connectivity index (χ3n) is 4.20. The summed E-state index contributed by atoms with van der Waals surface area (Å²) in [5, 5.41) is 11.5. The Morgan fingerprint density at radius 3 is 2.48 bits per heavy atom. The summed E-state index contributed by atoms with van der Waals surface area (Å²) in [6.07, 6.45) is 0. The summed E-state index contributed by atoms with van der Waals surface area (Å²) in [6, 6.07) is 19.7. The largest absolute Gasteiger partial charge is 0.399 e. The van der Waals surface area contributed by atoms with Crippen LogP contribution in [-0.4, -0.2) is 13.4 Å². The lowest BCUT2D eigenvalue weighted by Crippen LogP contribution is -2.12. The highest BCUT2D eigenvalue weighted by atomic mass is 32.2.